The maximum atomic E-state index is 14.0. The van der Waals surface area contributed by atoms with Gasteiger partial charge in [0.25, 0.3) is 0 Å². The number of carbonyl (C=O) groups is 1. The van der Waals surface area contributed by atoms with E-state index in [-0.39, 0.29) is 0 Å². The Morgan fingerprint density at radius 2 is 1.53 bits per heavy atom. The summed E-state index contributed by atoms with van der Waals surface area (Å²) in [5, 5.41) is 2.29. The molecule has 0 saturated heterocycles. The zero-order chi connectivity index (χ0) is 23.5. The Hall–Kier alpha value is -2.50. The highest BCUT2D eigenvalue weighted by Gasteiger charge is 2.19. The third-order valence-electron chi connectivity index (χ3n) is 5.46. The van der Waals surface area contributed by atoms with Crippen molar-refractivity contribution in [3.8, 4) is 0 Å². The predicted octanol–water partition coefficient (Wildman–Crippen LogP) is 7.70. The van der Waals surface area contributed by atoms with Crippen molar-refractivity contribution in [2.45, 2.75) is 72.3 Å². The van der Waals surface area contributed by atoms with Crippen molar-refractivity contribution in [1.82, 2.24) is 4.90 Å². The molecule has 0 atom stereocenters. The van der Waals surface area contributed by atoms with Crippen LogP contribution in [0.25, 0.3) is 0 Å². The van der Waals surface area contributed by atoms with Crippen molar-refractivity contribution in [3.05, 3.63) is 65.0 Å². The molecule has 0 aromatic heterocycles. The Kier molecular flexibility index (Phi) is 10.6. The number of urea groups is 1. The van der Waals surface area contributed by atoms with Gasteiger partial charge < -0.3 is 10.2 Å². The fourth-order valence-corrected chi connectivity index (χ4v) is 3.49. The van der Waals surface area contributed by atoms with Gasteiger partial charge in [-0.05, 0) is 36.3 Å². The van der Waals surface area contributed by atoms with E-state index in [1.807, 2.05) is 12.1 Å². The fourth-order valence-electron chi connectivity index (χ4n) is 3.49. The number of amides is 2. The average molecular weight is 449 g/mol. The Balaban J connectivity index is 2.08. The monoisotopic (exact) mass is 448 g/mol. The number of halogens is 3. The lowest BCUT2D eigenvalue weighted by molar-refractivity contribution is 0.207. The normalized spacial score (nSPS) is 11.1. The summed E-state index contributed by atoms with van der Waals surface area (Å²) in [6.45, 7) is 7.32. The zero-order valence-corrected chi connectivity index (χ0v) is 19.4. The van der Waals surface area contributed by atoms with Crippen LogP contribution in [-0.4, -0.2) is 17.5 Å². The molecule has 2 aromatic carbocycles. The first-order valence-electron chi connectivity index (χ1n) is 11.6. The summed E-state index contributed by atoms with van der Waals surface area (Å²) in [7, 11) is 0. The van der Waals surface area contributed by atoms with Crippen LogP contribution >= 0.6 is 0 Å². The molecule has 6 heteroatoms. The van der Waals surface area contributed by atoms with Gasteiger partial charge in [0.1, 0.15) is 11.5 Å². The lowest BCUT2D eigenvalue weighted by Gasteiger charge is -2.24. The van der Waals surface area contributed by atoms with Crippen LogP contribution in [0.1, 0.15) is 70.4 Å². The number of hydrogen-bond donors (Lipinski definition) is 1. The minimum Gasteiger partial charge on any atom is -0.320 e. The molecule has 0 heterocycles. The summed E-state index contributed by atoms with van der Waals surface area (Å²) in [6, 6.07) is 8.63. The second-order valence-corrected chi connectivity index (χ2v) is 8.76. The summed E-state index contributed by atoms with van der Waals surface area (Å²) in [5.74, 6) is -2.65. The summed E-state index contributed by atoms with van der Waals surface area (Å²) >= 11 is 0. The van der Waals surface area contributed by atoms with Gasteiger partial charge >= 0.3 is 6.03 Å². The van der Waals surface area contributed by atoms with Gasteiger partial charge in [-0.25, -0.2) is 18.0 Å². The molecule has 1 N–H and O–H groups in total. The second-order valence-electron chi connectivity index (χ2n) is 8.76. The number of hydrogen-bond acceptors (Lipinski definition) is 1. The topological polar surface area (TPSA) is 32.3 Å². The number of anilines is 1. The van der Waals surface area contributed by atoms with Gasteiger partial charge in [0.2, 0.25) is 0 Å². The first-order chi connectivity index (χ1) is 15.3. The average Bonchev–Trinajstić information content (AvgIpc) is 2.74. The molecule has 0 radical (unpaired) electrons. The van der Waals surface area contributed by atoms with Crippen LogP contribution in [0.4, 0.5) is 23.7 Å². The molecule has 0 aliphatic rings. The van der Waals surface area contributed by atoms with Gasteiger partial charge in [0.05, 0.1) is 0 Å². The first-order valence-corrected chi connectivity index (χ1v) is 11.6. The molecule has 0 aliphatic carbocycles. The molecule has 0 spiro atoms. The van der Waals surface area contributed by atoms with Crippen LogP contribution in [0, 0.1) is 23.4 Å². The number of nitrogens with one attached hydrogen (secondary N) is 1. The van der Waals surface area contributed by atoms with Gasteiger partial charge in [-0.15, -0.1) is 0 Å². The highest BCUT2D eigenvalue weighted by atomic mass is 19.1. The van der Waals surface area contributed by atoms with Crippen LogP contribution in [0.2, 0.25) is 0 Å². The van der Waals surface area contributed by atoms with Crippen LogP contribution in [-0.2, 0) is 13.0 Å². The summed E-state index contributed by atoms with van der Waals surface area (Å²) in [6.07, 6.45) is 7.23. The SMILES string of the molecule is CCCCCCCN(Cc1ccc(CCC(C)C)cc1)C(=O)Nc1c(F)cc(F)cc1F. The maximum Gasteiger partial charge on any atom is 0.322 e. The molecule has 2 aromatic rings. The maximum absolute atomic E-state index is 14.0. The van der Waals surface area contributed by atoms with Gasteiger partial charge in [-0.3, -0.25) is 0 Å². The number of aryl methyl sites for hydroxylation is 1. The molecule has 2 rings (SSSR count). The molecule has 32 heavy (non-hydrogen) atoms. The van der Waals surface area contributed by atoms with Crippen molar-refractivity contribution in [2.24, 2.45) is 5.92 Å². The van der Waals surface area contributed by atoms with Gasteiger partial charge in [-0.2, -0.15) is 0 Å². The molecule has 0 saturated carbocycles. The third kappa shape index (κ3) is 8.56. The Morgan fingerprint density at radius 1 is 0.938 bits per heavy atom. The van der Waals surface area contributed by atoms with Crippen molar-refractivity contribution < 1.29 is 18.0 Å². The van der Waals surface area contributed by atoms with Gasteiger partial charge in [0.15, 0.2) is 11.6 Å². The van der Waals surface area contributed by atoms with E-state index in [1.54, 1.807) is 4.90 Å². The Morgan fingerprint density at radius 3 is 2.12 bits per heavy atom. The first kappa shape index (κ1) is 25.8. The molecule has 2 amide bonds. The van der Waals surface area contributed by atoms with Crippen LogP contribution in [0.3, 0.4) is 0 Å². The summed E-state index contributed by atoms with van der Waals surface area (Å²) in [4.78, 5) is 14.4. The Bertz CT molecular complexity index is 830. The van der Waals surface area contributed by atoms with E-state index in [0.29, 0.717) is 31.1 Å². The lowest BCUT2D eigenvalue weighted by Crippen LogP contribution is -2.35. The van der Waals surface area contributed by atoms with E-state index in [0.717, 1.165) is 50.5 Å². The fraction of sp³-hybridized carbons (Fsp3) is 0.500. The highest BCUT2D eigenvalue weighted by molar-refractivity contribution is 5.89. The van der Waals surface area contributed by atoms with Crippen LogP contribution in [0.15, 0.2) is 36.4 Å². The number of benzene rings is 2. The molecule has 0 aliphatic heterocycles. The van der Waals surface area contributed by atoms with E-state index in [4.69, 9.17) is 0 Å². The van der Waals surface area contributed by atoms with Gasteiger partial charge in [-0.1, -0.05) is 70.7 Å². The molecule has 176 valence electrons. The third-order valence-corrected chi connectivity index (χ3v) is 5.46. The van der Waals surface area contributed by atoms with Crippen molar-refractivity contribution in [3.63, 3.8) is 0 Å². The van der Waals surface area contributed by atoms with Crippen LogP contribution in [0.5, 0.6) is 0 Å². The molecule has 3 nitrogen and oxygen atoms in total. The predicted molar refractivity (Wildman–Crippen MR) is 124 cm³/mol. The van der Waals surface area contributed by atoms with Crippen molar-refractivity contribution in [1.29, 1.82) is 0 Å². The molecule has 0 fully saturated rings. The number of rotatable bonds is 12. The van der Waals surface area contributed by atoms with Gasteiger partial charge in [0, 0.05) is 25.2 Å². The van der Waals surface area contributed by atoms with E-state index in [1.165, 1.54) is 5.56 Å². The second kappa shape index (κ2) is 13.1. The van der Waals surface area contributed by atoms with E-state index >= 15 is 0 Å². The zero-order valence-electron chi connectivity index (χ0n) is 19.4. The summed E-state index contributed by atoms with van der Waals surface area (Å²) < 4.78 is 41.2. The minimum atomic E-state index is -1.13. The Labute approximate surface area is 190 Å². The molecule has 0 bridgehead atoms. The van der Waals surface area contributed by atoms with Crippen LogP contribution < -0.4 is 5.32 Å². The lowest BCUT2D eigenvalue weighted by atomic mass is 10.0. The molecular formula is C26H35F3N2O. The highest BCUT2D eigenvalue weighted by Crippen LogP contribution is 2.21. The van der Waals surface area contributed by atoms with E-state index in [9.17, 15) is 18.0 Å². The number of nitrogens with zero attached hydrogens (tertiary/aromatic N) is 1. The van der Waals surface area contributed by atoms with Crippen molar-refractivity contribution >= 4 is 11.7 Å². The number of unbranched alkanes of at least 4 members (excludes halogenated alkanes) is 4. The molecule has 0 unspecified atom stereocenters. The minimum absolute atomic E-state index is 0.328. The largest absolute Gasteiger partial charge is 0.322 e. The number of carbonyl (C=O) groups excluding carboxylic acids is 1. The smallest absolute Gasteiger partial charge is 0.320 e. The standard InChI is InChI=1S/C26H35F3N2O/c1-4-5-6-7-8-15-31(18-21-13-11-20(12-14-21)10-9-19(2)3)26(32)30-25-23(28)16-22(27)17-24(25)29/h11-14,16-17,19H,4-10,15,18H2,1-3H3,(H,30,32). The summed E-state index contributed by atoms with van der Waals surface area (Å²) in [5.41, 5.74) is 1.56. The molecular weight excluding hydrogens is 413 g/mol. The van der Waals surface area contributed by atoms with Crippen molar-refractivity contribution in [2.75, 3.05) is 11.9 Å². The van der Waals surface area contributed by atoms with E-state index < -0.39 is 29.2 Å². The quantitative estimate of drug-likeness (QED) is 0.332. The van der Waals surface area contributed by atoms with E-state index in [2.05, 4.69) is 38.2 Å².